The van der Waals surface area contributed by atoms with Crippen molar-refractivity contribution in [3.05, 3.63) is 0 Å². The number of rotatable bonds is 5. The summed E-state index contributed by atoms with van der Waals surface area (Å²) >= 11 is 0. The zero-order valence-corrected chi connectivity index (χ0v) is 26.1. The molecule has 0 spiro atoms. The molecule has 4 aliphatic rings. The van der Waals surface area contributed by atoms with Crippen molar-refractivity contribution in [1.29, 1.82) is 0 Å². The first-order chi connectivity index (χ1) is 20.4. The molecule has 7 unspecified atom stereocenters. The summed E-state index contributed by atoms with van der Waals surface area (Å²) in [6.07, 6.45) is 7.33. The Hall–Kier alpha value is -1.59. The molecule has 240 valence electrons. The molecule has 4 fully saturated rings. The van der Waals surface area contributed by atoms with Crippen LogP contribution in [0.25, 0.3) is 0 Å². The molecule has 0 N–H and O–H groups in total. The molecule has 10 nitrogen and oxygen atoms in total. The largest absolute Gasteiger partial charge is 0.465 e. The van der Waals surface area contributed by atoms with Crippen molar-refractivity contribution in [3.8, 4) is 0 Å². The second-order valence-electron chi connectivity index (χ2n) is 12.8. The Morgan fingerprint density at radius 3 is 2.14 bits per heavy atom. The lowest BCUT2D eigenvalue weighted by atomic mass is 9.80. The number of hydrogen-bond donors (Lipinski definition) is 0. The van der Waals surface area contributed by atoms with Gasteiger partial charge in [0.25, 0.3) is 0 Å². The number of methoxy groups -OCH3 is 2. The molecule has 7 atom stereocenters. The van der Waals surface area contributed by atoms with Gasteiger partial charge in [0.05, 0.1) is 30.7 Å². The van der Waals surface area contributed by atoms with Crippen LogP contribution < -0.4 is 0 Å². The minimum absolute atomic E-state index is 0.0871. The summed E-state index contributed by atoms with van der Waals surface area (Å²) in [4.78, 5) is 42.9. The highest BCUT2D eigenvalue weighted by Gasteiger charge is 2.42. The first kappa shape index (κ1) is 33.3. The molecule has 2 heterocycles. The summed E-state index contributed by atoms with van der Waals surface area (Å²) in [5, 5.41) is 0. The second kappa shape index (κ2) is 17.0. The number of cyclic esters (lactones) is 1. The lowest BCUT2D eigenvalue weighted by Crippen LogP contribution is -2.49. The van der Waals surface area contributed by atoms with E-state index in [1.54, 1.807) is 21.1 Å². The van der Waals surface area contributed by atoms with Crippen LogP contribution >= 0.6 is 0 Å². The molecule has 2 aliphatic carbocycles. The third-order valence-electron chi connectivity index (χ3n) is 9.91. The Labute approximate surface area is 252 Å². The summed E-state index contributed by atoms with van der Waals surface area (Å²) < 4.78 is 29.7. The van der Waals surface area contributed by atoms with Gasteiger partial charge < -0.3 is 33.5 Å². The number of fused-ring (bicyclic) bond motifs is 5. The van der Waals surface area contributed by atoms with Gasteiger partial charge in [-0.25, -0.2) is 0 Å². The van der Waals surface area contributed by atoms with E-state index in [0.29, 0.717) is 26.1 Å². The lowest BCUT2D eigenvalue weighted by Gasteiger charge is -2.39. The van der Waals surface area contributed by atoms with Crippen molar-refractivity contribution in [3.63, 3.8) is 0 Å². The summed E-state index contributed by atoms with van der Waals surface area (Å²) in [5.41, 5.74) is 0. The normalized spacial score (nSPS) is 37.8. The zero-order chi connectivity index (χ0) is 29.9. The molecule has 2 saturated heterocycles. The number of carbonyl (C=O) groups excluding carboxylic acids is 3. The molecule has 42 heavy (non-hydrogen) atoms. The SMILES string of the molecule is COC1CC2CC(OCCCC(OC(=O)C3CCC(C(C)=O)CC3)CCN3CCCN(CCCOC2=O)CC3)C1OC. The van der Waals surface area contributed by atoms with Crippen LogP contribution in [0.5, 0.6) is 0 Å². The van der Waals surface area contributed by atoms with E-state index in [1.807, 2.05) is 0 Å². The van der Waals surface area contributed by atoms with Crippen LogP contribution in [-0.4, -0.2) is 119 Å². The van der Waals surface area contributed by atoms with Gasteiger partial charge in [-0.2, -0.15) is 0 Å². The van der Waals surface area contributed by atoms with Crippen molar-refractivity contribution < 1.29 is 38.1 Å². The molecule has 10 heteroatoms. The maximum Gasteiger partial charge on any atom is 0.309 e. The van der Waals surface area contributed by atoms with Gasteiger partial charge >= 0.3 is 11.9 Å². The minimum Gasteiger partial charge on any atom is -0.465 e. The molecule has 0 aromatic carbocycles. The summed E-state index contributed by atoms with van der Waals surface area (Å²) in [7, 11) is 3.31. The maximum absolute atomic E-state index is 13.2. The first-order valence-corrected chi connectivity index (χ1v) is 16.4. The zero-order valence-electron chi connectivity index (χ0n) is 26.1. The molecule has 2 saturated carbocycles. The molecule has 0 radical (unpaired) electrons. The molecule has 2 aliphatic heterocycles. The lowest BCUT2D eigenvalue weighted by molar-refractivity contribution is -0.172. The molecule has 0 aromatic heterocycles. The van der Waals surface area contributed by atoms with Crippen LogP contribution in [0.1, 0.15) is 77.6 Å². The van der Waals surface area contributed by atoms with E-state index < -0.39 is 0 Å². The third kappa shape index (κ3) is 9.71. The maximum atomic E-state index is 13.2. The standard InChI is InChI=1S/C32H54N2O8/c1-23(35)24-8-10-25(11-9-24)32(37)42-27-7-4-19-40-29-22-26(21-28(38-2)30(29)39-3)31(36)41-20-6-15-33-13-5-14-34(16-12-27)18-17-33/h24-30H,4-22H2,1-3H3. The van der Waals surface area contributed by atoms with Gasteiger partial charge in [0.15, 0.2) is 0 Å². The number of hydrogen-bond acceptors (Lipinski definition) is 10. The van der Waals surface area contributed by atoms with Crippen LogP contribution in [0.15, 0.2) is 0 Å². The number of carbonyl (C=O) groups is 3. The highest BCUT2D eigenvalue weighted by atomic mass is 16.6. The van der Waals surface area contributed by atoms with Crippen LogP contribution in [-0.2, 0) is 38.1 Å². The highest BCUT2D eigenvalue weighted by Crippen LogP contribution is 2.33. The van der Waals surface area contributed by atoms with Gasteiger partial charge in [-0.1, -0.05) is 0 Å². The average Bonchev–Trinajstić information content (AvgIpc) is 3.24. The van der Waals surface area contributed by atoms with Crippen LogP contribution in [0.2, 0.25) is 0 Å². The van der Waals surface area contributed by atoms with Crippen LogP contribution in [0.3, 0.4) is 0 Å². The first-order valence-electron chi connectivity index (χ1n) is 16.4. The summed E-state index contributed by atoms with van der Waals surface area (Å²) in [6.45, 7) is 8.43. The van der Waals surface area contributed by atoms with Gasteiger partial charge in [0.1, 0.15) is 18.0 Å². The van der Waals surface area contributed by atoms with E-state index >= 15 is 0 Å². The Morgan fingerprint density at radius 1 is 0.762 bits per heavy atom. The van der Waals surface area contributed by atoms with Gasteiger partial charge in [0.2, 0.25) is 0 Å². The van der Waals surface area contributed by atoms with Crippen molar-refractivity contribution >= 4 is 17.7 Å². The second-order valence-corrected chi connectivity index (χ2v) is 12.8. The molecule has 0 aromatic rings. The predicted octanol–water partition coefficient (Wildman–Crippen LogP) is 3.24. The minimum atomic E-state index is -0.285. The third-order valence-corrected chi connectivity index (χ3v) is 9.91. The quantitative estimate of drug-likeness (QED) is 0.441. The average molecular weight is 595 g/mol. The van der Waals surface area contributed by atoms with Gasteiger partial charge in [-0.05, 0) is 90.6 Å². The Balaban J connectivity index is 1.40. The summed E-state index contributed by atoms with van der Waals surface area (Å²) in [5.74, 6) is -0.376. The van der Waals surface area contributed by atoms with E-state index in [0.717, 1.165) is 97.1 Å². The van der Waals surface area contributed by atoms with E-state index in [-0.39, 0.29) is 59.9 Å². The van der Waals surface area contributed by atoms with Crippen LogP contribution in [0.4, 0.5) is 0 Å². The van der Waals surface area contributed by atoms with Gasteiger partial charge in [-0.15, -0.1) is 0 Å². The van der Waals surface area contributed by atoms with E-state index in [1.165, 1.54) is 0 Å². The molecule has 0 amide bonds. The van der Waals surface area contributed by atoms with Gasteiger partial charge in [-0.3, -0.25) is 14.4 Å². The van der Waals surface area contributed by atoms with Crippen LogP contribution in [0, 0.1) is 17.8 Å². The van der Waals surface area contributed by atoms with Crippen molar-refractivity contribution in [2.75, 3.05) is 66.7 Å². The monoisotopic (exact) mass is 594 g/mol. The number of ether oxygens (including phenoxy) is 5. The van der Waals surface area contributed by atoms with Crippen molar-refractivity contribution in [1.82, 2.24) is 9.80 Å². The Bertz CT molecular complexity index is 863. The molecular weight excluding hydrogens is 540 g/mol. The van der Waals surface area contributed by atoms with E-state index in [4.69, 9.17) is 23.7 Å². The van der Waals surface area contributed by atoms with Crippen molar-refractivity contribution in [2.45, 2.75) is 102 Å². The number of esters is 2. The highest BCUT2D eigenvalue weighted by molar-refractivity contribution is 5.79. The topological polar surface area (TPSA) is 104 Å². The van der Waals surface area contributed by atoms with E-state index in [9.17, 15) is 14.4 Å². The fourth-order valence-electron chi connectivity index (χ4n) is 7.23. The Morgan fingerprint density at radius 2 is 1.45 bits per heavy atom. The molecule has 4 bridgehead atoms. The van der Waals surface area contributed by atoms with Gasteiger partial charge in [0, 0.05) is 52.9 Å². The molecule has 4 rings (SSSR count). The number of nitrogens with zero attached hydrogens (tertiary/aromatic N) is 2. The Kier molecular flexibility index (Phi) is 13.5. The van der Waals surface area contributed by atoms with Crippen molar-refractivity contribution in [2.24, 2.45) is 17.8 Å². The smallest absolute Gasteiger partial charge is 0.309 e. The molecular formula is C32H54N2O8. The number of ketones is 1. The fraction of sp³-hybridized carbons (Fsp3) is 0.906. The summed E-state index contributed by atoms with van der Waals surface area (Å²) in [6, 6.07) is 0. The van der Waals surface area contributed by atoms with E-state index in [2.05, 4.69) is 9.80 Å². The predicted molar refractivity (Wildman–Crippen MR) is 157 cm³/mol. The number of Topliss-reactive ketones (excluding diaryl/α,β-unsaturated/α-hetero) is 1. The fourth-order valence-corrected chi connectivity index (χ4v) is 7.23.